The maximum atomic E-state index is 12.3. The average Bonchev–Trinajstić information content (AvgIpc) is 2.91. The van der Waals surface area contributed by atoms with Crippen LogP contribution in [0.4, 0.5) is 16.2 Å². The smallest absolute Gasteiger partial charge is 0.321 e. The number of amides is 3. The summed E-state index contributed by atoms with van der Waals surface area (Å²) >= 11 is 0. The van der Waals surface area contributed by atoms with Gasteiger partial charge < -0.3 is 21.3 Å². The number of hydrogen-bond donors (Lipinski definition) is 3. The Kier molecular flexibility index (Phi) is 7.25. The SMILES string of the molecule is CCC(C)C(N)C(=O)Nc1ccc(NC(=O)N2CCCCCC2)cc1. The quantitative estimate of drug-likeness (QED) is 0.763. The van der Waals surface area contributed by atoms with E-state index in [0.29, 0.717) is 5.69 Å². The van der Waals surface area contributed by atoms with Gasteiger partial charge in [0.25, 0.3) is 0 Å². The molecule has 25 heavy (non-hydrogen) atoms. The van der Waals surface area contributed by atoms with Crippen LogP contribution in [0.1, 0.15) is 46.0 Å². The molecular formula is C19H30N4O2. The van der Waals surface area contributed by atoms with Crippen molar-refractivity contribution in [1.29, 1.82) is 0 Å². The topological polar surface area (TPSA) is 87.5 Å². The van der Waals surface area contributed by atoms with Crippen LogP contribution < -0.4 is 16.4 Å². The van der Waals surface area contributed by atoms with Crippen molar-refractivity contribution < 1.29 is 9.59 Å². The average molecular weight is 346 g/mol. The van der Waals surface area contributed by atoms with Crippen LogP contribution in [-0.2, 0) is 4.79 Å². The molecular weight excluding hydrogens is 316 g/mol. The Balaban J connectivity index is 1.88. The number of likely N-dealkylation sites (tertiary alicyclic amines) is 1. The van der Waals surface area contributed by atoms with Gasteiger partial charge in [0.15, 0.2) is 0 Å². The van der Waals surface area contributed by atoms with Gasteiger partial charge in [0.05, 0.1) is 6.04 Å². The molecule has 0 aromatic heterocycles. The molecule has 6 nitrogen and oxygen atoms in total. The Morgan fingerprint density at radius 1 is 1.04 bits per heavy atom. The van der Waals surface area contributed by atoms with E-state index in [2.05, 4.69) is 10.6 Å². The summed E-state index contributed by atoms with van der Waals surface area (Å²) in [6, 6.07) is 6.56. The van der Waals surface area contributed by atoms with Crippen LogP contribution >= 0.6 is 0 Å². The van der Waals surface area contributed by atoms with Crippen molar-refractivity contribution in [2.45, 2.75) is 52.0 Å². The summed E-state index contributed by atoms with van der Waals surface area (Å²) in [5.74, 6) is -0.0529. The van der Waals surface area contributed by atoms with Gasteiger partial charge in [-0.05, 0) is 43.0 Å². The van der Waals surface area contributed by atoms with E-state index in [9.17, 15) is 9.59 Å². The molecule has 0 saturated carbocycles. The monoisotopic (exact) mass is 346 g/mol. The van der Waals surface area contributed by atoms with Crippen molar-refractivity contribution in [2.75, 3.05) is 23.7 Å². The van der Waals surface area contributed by atoms with Crippen molar-refractivity contribution in [1.82, 2.24) is 4.90 Å². The Hall–Kier alpha value is -2.08. The highest BCUT2D eigenvalue weighted by molar-refractivity contribution is 5.95. The van der Waals surface area contributed by atoms with Crippen molar-refractivity contribution in [2.24, 2.45) is 11.7 Å². The minimum atomic E-state index is -0.521. The van der Waals surface area contributed by atoms with E-state index in [1.807, 2.05) is 18.7 Å². The molecule has 138 valence electrons. The summed E-state index contributed by atoms with van der Waals surface area (Å²) in [5, 5.41) is 5.74. The van der Waals surface area contributed by atoms with E-state index in [1.54, 1.807) is 24.3 Å². The summed E-state index contributed by atoms with van der Waals surface area (Å²) < 4.78 is 0. The Morgan fingerprint density at radius 2 is 1.56 bits per heavy atom. The third-order valence-electron chi connectivity index (χ3n) is 4.86. The van der Waals surface area contributed by atoms with Crippen LogP contribution in [0.3, 0.4) is 0 Å². The fraction of sp³-hybridized carbons (Fsp3) is 0.579. The standard InChI is InChI=1S/C19H30N4O2/c1-3-14(2)17(20)18(24)21-15-8-10-16(11-9-15)22-19(25)23-12-6-4-5-7-13-23/h8-11,14,17H,3-7,12-13,20H2,1-2H3,(H,21,24)(H,22,25). The Morgan fingerprint density at radius 3 is 2.08 bits per heavy atom. The lowest BCUT2D eigenvalue weighted by Crippen LogP contribution is -2.40. The second-order valence-electron chi connectivity index (χ2n) is 6.81. The molecule has 1 aliphatic heterocycles. The van der Waals surface area contributed by atoms with Gasteiger partial charge >= 0.3 is 6.03 Å². The van der Waals surface area contributed by atoms with E-state index < -0.39 is 6.04 Å². The zero-order chi connectivity index (χ0) is 18.2. The number of benzene rings is 1. The van der Waals surface area contributed by atoms with Gasteiger partial charge in [-0.25, -0.2) is 4.79 Å². The number of carbonyl (C=O) groups is 2. The fourth-order valence-corrected chi connectivity index (χ4v) is 2.85. The molecule has 0 bridgehead atoms. The number of nitrogens with zero attached hydrogens (tertiary/aromatic N) is 1. The van der Waals surface area contributed by atoms with Crippen LogP contribution in [0.25, 0.3) is 0 Å². The molecule has 4 N–H and O–H groups in total. The van der Waals surface area contributed by atoms with Crippen LogP contribution in [-0.4, -0.2) is 36.0 Å². The van der Waals surface area contributed by atoms with Gasteiger partial charge in [0.2, 0.25) is 5.91 Å². The molecule has 1 aromatic carbocycles. The zero-order valence-electron chi connectivity index (χ0n) is 15.3. The Labute approximate surface area is 150 Å². The molecule has 1 fully saturated rings. The first-order valence-electron chi connectivity index (χ1n) is 9.23. The number of anilines is 2. The molecule has 0 radical (unpaired) electrons. The highest BCUT2D eigenvalue weighted by Crippen LogP contribution is 2.17. The molecule has 2 atom stereocenters. The first-order chi connectivity index (χ1) is 12.0. The van der Waals surface area contributed by atoms with Crippen molar-refractivity contribution >= 4 is 23.3 Å². The molecule has 3 amide bonds. The van der Waals surface area contributed by atoms with Gasteiger partial charge in [-0.1, -0.05) is 33.1 Å². The second kappa shape index (κ2) is 9.42. The third kappa shape index (κ3) is 5.74. The van der Waals surface area contributed by atoms with E-state index >= 15 is 0 Å². The minimum Gasteiger partial charge on any atom is -0.325 e. The molecule has 1 saturated heterocycles. The molecule has 0 spiro atoms. The lowest BCUT2D eigenvalue weighted by Gasteiger charge is -2.21. The van der Waals surface area contributed by atoms with Crippen molar-refractivity contribution in [3.63, 3.8) is 0 Å². The van der Waals surface area contributed by atoms with E-state index in [1.165, 1.54) is 12.8 Å². The van der Waals surface area contributed by atoms with Crippen molar-refractivity contribution in [3.8, 4) is 0 Å². The Bertz CT molecular complexity index is 565. The summed E-state index contributed by atoms with van der Waals surface area (Å²) in [5.41, 5.74) is 7.33. The second-order valence-corrected chi connectivity index (χ2v) is 6.81. The van der Waals surface area contributed by atoms with Gasteiger partial charge in [-0.15, -0.1) is 0 Å². The van der Waals surface area contributed by atoms with Gasteiger partial charge in [0.1, 0.15) is 0 Å². The van der Waals surface area contributed by atoms with E-state index in [0.717, 1.165) is 38.0 Å². The fourth-order valence-electron chi connectivity index (χ4n) is 2.85. The van der Waals surface area contributed by atoms with E-state index in [-0.39, 0.29) is 17.9 Å². The summed E-state index contributed by atoms with van der Waals surface area (Å²) in [6.45, 7) is 5.60. The summed E-state index contributed by atoms with van der Waals surface area (Å²) in [7, 11) is 0. The molecule has 2 unspecified atom stereocenters. The third-order valence-corrected chi connectivity index (χ3v) is 4.86. The minimum absolute atomic E-state index is 0.0579. The van der Waals surface area contributed by atoms with Gasteiger partial charge in [0, 0.05) is 24.5 Å². The first kappa shape index (κ1) is 19.2. The first-order valence-corrected chi connectivity index (χ1v) is 9.23. The predicted octanol–water partition coefficient (Wildman–Crippen LogP) is 3.41. The van der Waals surface area contributed by atoms with Crippen LogP contribution in [0.5, 0.6) is 0 Å². The number of nitrogens with one attached hydrogen (secondary N) is 2. The molecule has 1 aromatic rings. The number of carbonyl (C=O) groups excluding carboxylic acids is 2. The predicted molar refractivity (Wildman–Crippen MR) is 102 cm³/mol. The van der Waals surface area contributed by atoms with Crippen LogP contribution in [0.15, 0.2) is 24.3 Å². The lowest BCUT2D eigenvalue weighted by molar-refractivity contribution is -0.118. The molecule has 1 aliphatic rings. The largest absolute Gasteiger partial charge is 0.325 e. The summed E-state index contributed by atoms with van der Waals surface area (Å²) in [6.07, 6.45) is 5.37. The molecule has 2 rings (SSSR count). The zero-order valence-corrected chi connectivity index (χ0v) is 15.3. The molecule has 0 aliphatic carbocycles. The maximum absolute atomic E-state index is 12.3. The van der Waals surface area contributed by atoms with Crippen LogP contribution in [0, 0.1) is 5.92 Å². The maximum Gasteiger partial charge on any atom is 0.321 e. The molecule has 1 heterocycles. The van der Waals surface area contributed by atoms with Crippen molar-refractivity contribution in [3.05, 3.63) is 24.3 Å². The normalized spacial score (nSPS) is 17.3. The van der Waals surface area contributed by atoms with E-state index in [4.69, 9.17) is 5.73 Å². The number of rotatable bonds is 5. The lowest BCUT2D eigenvalue weighted by atomic mass is 9.99. The number of hydrogen-bond acceptors (Lipinski definition) is 3. The van der Waals surface area contributed by atoms with Gasteiger partial charge in [-0.3, -0.25) is 4.79 Å². The summed E-state index contributed by atoms with van der Waals surface area (Å²) in [4.78, 5) is 26.3. The number of nitrogens with two attached hydrogens (primary N) is 1. The van der Waals surface area contributed by atoms with Crippen LogP contribution in [0.2, 0.25) is 0 Å². The number of urea groups is 1. The highest BCUT2D eigenvalue weighted by Gasteiger charge is 2.19. The molecule has 6 heteroatoms. The highest BCUT2D eigenvalue weighted by atomic mass is 16.2. The van der Waals surface area contributed by atoms with Gasteiger partial charge in [-0.2, -0.15) is 0 Å².